The van der Waals surface area contributed by atoms with E-state index in [9.17, 15) is 13.2 Å². The molecular weight excluding hydrogens is 353 g/mol. The quantitative estimate of drug-likeness (QED) is 0.500. The fraction of sp³-hybridized carbons (Fsp3) is 0.150. The van der Waals surface area contributed by atoms with Crippen molar-refractivity contribution in [3.8, 4) is 11.4 Å². The molecule has 1 heterocycles. The standard InChI is InChI=1S/C20H17F3N4/c1-13-8-10-15(11-9-13)14(2)26-27-18-12-17(20(21,22)23)24-19(25-18)16-6-4-3-5-7-16/h3-12H,1-2H3,(H,24,25,27)/b26-14+. The Bertz CT molecular complexity index is 949. The van der Waals surface area contributed by atoms with Crippen molar-refractivity contribution < 1.29 is 13.2 Å². The molecule has 0 fully saturated rings. The van der Waals surface area contributed by atoms with Crippen molar-refractivity contribution in [2.24, 2.45) is 5.10 Å². The van der Waals surface area contributed by atoms with Crippen molar-refractivity contribution in [1.29, 1.82) is 0 Å². The molecule has 0 unspecified atom stereocenters. The van der Waals surface area contributed by atoms with Gasteiger partial charge in [-0.3, -0.25) is 5.43 Å². The van der Waals surface area contributed by atoms with Crippen LogP contribution in [0.25, 0.3) is 11.4 Å². The number of hydrogen-bond donors (Lipinski definition) is 1. The van der Waals surface area contributed by atoms with Gasteiger partial charge in [-0.1, -0.05) is 60.2 Å². The van der Waals surface area contributed by atoms with Crippen LogP contribution in [0.15, 0.2) is 65.8 Å². The lowest BCUT2D eigenvalue weighted by atomic mass is 10.1. The molecule has 0 spiro atoms. The van der Waals surface area contributed by atoms with Gasteiger partial charge in [0.2, 0.25) is 0 Å². The molecule has 0 bridgehead atoms. The largest absolute Gasteiger partial charge is 0.433 e. The third kappa shape index (κ3) is 4.69. The summed E-state index contributed by atoms with van der Waals surface area (Å²) < 4.78 is 39.6. The van der Waals surface area contributed by atoms with Crippen LogP contribution in [0.1, 0.15) is 23.7 Å². The molecule has 4 nitrogen and oxygen atoms in total. The zero-order valence-corrected chi connectivity index (χ0v) is 14.7. The summed E-state index contributed by atoms with van der Waals surface area (Å²) in [4.78, 5) is 7.81. The second-order valence-electron chi connectivity index (χ2n) is 6.00. The first-order valence-electron chi connectivity index (χ1n) is 8.22. The van der Waals surface area contributed by atoms with E-state index in [1.165, 1.54) is 0 Å². The lowest BCUT2D eigenvalue weighted by Crippen LogP contribution is -2.11. The summed E-state index contributed by atoms with van der Waals surface area (Å²) in [5.41, 5.74) is 4.68. The average Bonchev–Trinajstić information content (AvgIpc) is 2.66. The summed E-state index contributed by atoms with van der Waals surface area (Å²) in [6.45, 7) is 3.74. The van der Waals surface area contributed by atoms with E-state index < -0.39 is 11.9 Å². The molecule has 2 aromatic carbocycles. The molecule has 0 aliphatic heterocycles. The monoisotopic (exact) mass is 370 g/mol. The van der Waals surface area contributed by atoms with Crippen molar-refractivity contribution in [1.82, 2.24) is 9.97 Å². The molecule has 3 aromatic rings. The summed E-state index contributed by atoms with van der Waals surface area (Å²) in [6, 6.07) is 17.0. The Morgan fingerprint density at radius 3 is 2.26 bits per heavy atom. The number of aromatic nitrogens is 2. The van der Waals surface area contributed by atoms with Crippen LogP contribution in [-0.2, 0) is 6.18 Å². The predicted octanol–water partition coefficient (Wildman–Crippen LogP) is 5.31. The third-order valence-electron chi connectivity index (χ3n) is 3.86. The molecule has 0 saturated carbocycles. The first-order chi connectivity index (χ1) is 12.8. The summed E-state index contributed by atoms with van der Waals surface area (Å²) in [5.74, 6) is -0.0428. The number of hydrogen-bond acceptors (Lipinski definition) is 4. The van der Waals surface area contributed by atoms with E-state index in [2.05, 4.69) is 20.5 Å². The van der Waals surface area contributed by atoms with Crippen molar-refractivity contribution in [2.45, 2.75) is 20.0 Å². The summed E-state index contributed by atoms with van der Waals surface area (Å²) in [5, 5.41) is 4.16. The van der Waals surface area contributed by atoms with E-state index in [0.717, 1.165) is 17.2 Å². The van der Waals surface area contributed by atoms with Gasteiger partial charge >= 0.3 is 6.18 Å². The van der Waals surface area contributed by atoms with E-state index in [-0.39, 0.29) is 11.6 Å². The van der Waals surface area contributed by atoms with Gasteiger partial charge in [-0.25, -0.2) is 9.97 Å². The fourth-order valence-corrected chi connectivity index (χ4v) is 2.37. The highest BCUT2D eigenvalue weighted by Gasteiger charge is 2.33. The normalized spacial score (nSPS) is 12.1. The number of alkyl halides is 3. The zero-order chi connectivity index (χ0) is 19.4. The molecule has 0 saturated heterocycles. The number of anilines is 1. The number of benzene rings is 2. The predicted molar refractivity (Wildman–Crippen MR) is 99.5 cm³/mol. The van der Waals surface area contributed by atoms with Crippen LogP contribution in [0.5, 0.6) is 0 Å². The average molecular weight is 370 g/mol. The van der Waals surface area contributed by atoms with E-state index in [1.807, 2.05) is 31.2 Å². The fourth-order valence-electron chi connectivity index (χ4n) is 2.37. The minimum atomic E-state index is -4.58. The molecule has 0 aliphatic rings. The Balaban J connectivity index is 1.94. The Labute approximate surface area is 154 Å². The lowest BCUT2D eigenvalue weighted by Gasteiger charge is -2.11. The van der Waals surface area contributed by atoms with Crippen molar-refractivity contribution in [3.05, 3.63) is 77.5 Å². The Morgan fingerprint density at radius 2 is 1.63 bits per heavy atom. The van der Waals surface area contributed by atoms with Gasteiger partial charge in [-0.05, 0) is 19.4 Å². The van der Waals surface area contributed by atoms with Gasteiger partial charge in [0.15, 0.2) is 17.3 Å². The highest BCUT2D eigenvalue weighted by molar-refractivity contribution is 5.99. The number of nitrogens with one attached hydrogen (secondary N) is 1. The highest BCUT2D eigenvalue weighted by Crippen LogP contribution is 2.30. The van der Waals surface area contributed by atoms with E-state index in [0.29, 0.717) is 11.3 Å². The number of nitrogens with zero attached hydrogens (tertiary/aromatic N) is 3. The molecule has 27 heavy (non-hydrogen) atoms. The molecule has 3 rings (SSSR count). The van der Waals surface area contributed by atoms with Gasteiger partial charge in [0.25, 0.3) is 0 Å². The molecule has 0 atom stereocenters. The minimum absolute atomic E-state index is 0.0175. The van der Waals surface area contributed by atoms with Crippen molar-refractivity contribution >= 4 is 11.5 Å². The SMILES string of the molecule is C/C(=N\Nc1cc(C(F)(F)F)nc(-c2ccccc2)n1)c1ccc(C)cc1. The second kappa shape index (κ2) is 7.57. The van der Waals surface area contributed by atoms with Gasteiger partial charge in [0, 0.05) is 11.6 Å². The van der Waals surface area contributed by atoms with Crippen LogP contribution in [0, 0.1) is 6.92 Å². The Morgan fingerprint density at radius 1 is 0.963 bits per heavy atom. The Kier molecular flexibility index (Phi) is 5.21. The highest BCUT2D eigenvalue weighted by atomic mass is 19.4. The molecule has 0 radical (unpaired) electrons. The third-order valence-corrected chi connectivity index (χ3v) is 3.86. The molecule has 1 N–H and O–H groups in total. The molecule has 0 amide bonds. The molecule has 1 aromatic heterocycles. The summed E-state index contributed by atoms with van der Waals surface area (Å²) >= 11 is 0. The van der Waals surface area contributed by atoms with E-state index in [4.69, 9.17) is 0 Å². The van der Waals surface area contributed by atoms with Crippen LogP contribution < -0.4 is 5.43 Å². The lowest BCUT2D eigenvalue weighted by molar-refractivity contribution is -0.141. The zero-order valence-electron chi connectivity index (χ0n) is 14.7. The molecular formula is C20H17F3N4. The van der Waals surface area contributed by atoms with E-state index in [1.54, 1.807) is 37.3 Å². The number of rotatable bonds is 4. The topological polar surface area (TPSA) is 50.2 Å². The van der Waals surface area contributed by atoms with Crippen molar-refractivity contribution in [2.75, 3.05) is 5.43 Å². The van der Waals surface area contributed by atoms with Crippen LogP contribution in [0.4, 0.5) is 19.0 Å². The minimum Gasteiger partial charge on any atom is -0.261 e. The number of aryl methyl sites for hydroxylation is 1. The van der Waals surface area contributed by atoms with Crippen LogP contribution in [0.2, 0.25) is 0 Å². The van der Waals surface area contributed by atoms with Gasteiger partial charge < -0.3 is 0 Å². The summed E-state index contributed by atoms with van der Waals surface area (Å²) in [6.07, 6.45) is -4.58. The molecule has 0 aliphatic carbocycles. The molecule has 7 heteroatoms. The molecule has 138 valence electrons. The van der Waals surface area contributed by atoms with Gasteiger partial charge in [-0.15, -0.1) is 0 Å². The van der Waals surface area contributed by atoms with Gasteiger partial charge in [0.1, 0.15) is 0 Å². The van der Waals surface area contributed by atoms with Crippen molar-refractivity contribution in [3.63, 3.8) is 0 Å². The van der Waals surface area contributed by atoms with Gasteiger partial charge in [-0.2, -0.15) is 18.3 Å². The first kappa shape index (κ1) is 18.6. The Hall–Kier alpha value is -3.22. The second-order valence-corrected chi connectivity index (χ2v) is 6.00. The van der Waals surface area contributed by atoms with Crippen LogP contribution in [0.3, 0.4) is 0 Å². The van der Waals surface area contributed by atoms with E-state index >= 15 is 0 Å². The van der Waals surface area contributed by atoms with Crippen LogP contribution >= 0.6 is 0 Å². The number of halogens is 3. The van der Waals surface area contributed by atoms with Gasteiger partial charge in [0.05, 0.1) is 5.71 Å². The number of hydrazone groups is 1. The maximum absolute atomic E-state index is 13.2. The maximum atomic E-state index is 13.2. The smallest absolute Gasteiger partial charge is 0.261 e. The summed E-state index contributed by atoms with van der Waals surface area (Å²) in [7, 11) is 0. The van der Waals surface area contributed by atoms with Crippen LogP contribution in [-0.4, -0.2) is 15.7 Å². The maximum Gasteiger partial charge on any atom is 0.433 e. The first-order valence-corrected chi connectivity index (χ1v) is 8.22.